The van der Waals surface area contributed by atoms with Crippen LogP contribution in [0.25, 0.3) is 0 Å². The first kappa shape index (κ1) is 15.1. The fraction of sp³-hybridized carbons (Fsp3) is 0.467. The van der Waals surface area contributed by atoms with Crippen LogP contribution in [-0.2, 0) is 6.54 Å². The van der Waals surface area contributed by atoms with Crippen LogP contribution in [0.3, 0.4) is 0 Å². The molecule has 2 aromatic heterocycles. The number of rotatable bonds is 5. The third kappa shape index (κ3) is 3.69. The van der Waals surface area contributed by atoms with Crippen LogP contribution in [0, 0.1) is 5.92 Å². The van der Waals surface area contributed by atoms with Crippen molar-refractivity contribution in [3.05, 3.63) is 41.1 Å². The topological polar surface area (TPSA) is 74.2 Å². The number of aromatic nitrogens is 2. The van der Waals surface area contributed by atoms with Gasteiger partial charge in [0.25, 0.3) is 5.91 Å². The first-order valence-electron chi connectivity index (χ1n) is 7.44. The van der Waals surface area contributed by atoms with Crippen LogP contribution in [0.1, 0.15) is 29.1 Å². The summed E-state index contributed by atoms with van der Waals surface area (Å²) in [5, 5.41) is 9.65. The molecule has 6 nitrogen and oxygen atoms in total. The molecular weight excluding hydrogens is 304 g/mol. The minimum atomic E-state index is -0.203. The van der Waals surface area contributed by atoms with E-state index in [1.54, 1.807) is 6.26 Å². The minimum Gasteiger partial charge on any atom is -0.468 e. The molecule has 0 spiro atoms. The Kier molecular flexibility index (Phi) is 4.80. The van der Waals surface area contributed by atoms with Gasteiger partial charge in [0.2, 0.25) is 0 Å². The molecule has 1 aliphatic rings. The van der Waals surface area contributed by atoms with Crippen LogP contribution in [0.5, 0.6) is 0 Å². The van der Waals surface area contributed by atoms with Gasteiger partial charge in [0.05, 0.1) is 24.0 Å². The molecule has 22 heavy (non-hydrogen) atoms. The zero-order chi connectivity index (χ0) is 15.4. The van der Waals surface area contributed by atoms with Crippen molar-refractivity contribution in [2.24, 2.45) is 5.92 Å². The second kappa shape index (κ2) is 6.98. The molecule has 1 atom stereocenters. The monoisotopic (exact) mass is 322 g/mol. The fourth-order valence-electron chi connectivity index (χ4n) is 2.84. The van der Waals surface area contributed by atoms with Crippen molar-refractivity contribution in [1.82, 2.24) is 20.4 Å². The molecule has 0 radical (unpaired) electrons. The van der Waals surface area contributed by atoms with Crippen LogP contribution in [0.15, 0.2) is 29.0 Å². The van der Waals surface area contributed by atoms with E-state index in [1.165, 1.54) is 6.20 Å². The average Bonchev–Trinajstić information content (AvgIpc) is 3.17. The van der Waals surface area contributed by atoms with E-state index in [0.717, 1.165) is 38.2 Å². The van der Waals surface area contributed by atoms with E-state index >= 15 is 0 Å². The maximum atomic E-state index is 12.0. The lowest BCUT2D eigenvalue weighted by molar-refractivity contribution is 0.0923. The van der Waals surface area contributed by atoms with E-state index in [4.69, 9.17) is 16.0 Å². The van der Waals surface area contributed by atoms with Gasteiger partial charge in [-0.05, 0) is 37.4 Å². The second-order valence-corrected chi connectivity index (χ2v) is 6.03. The first-order valence-corrected chi connectivity index (χ1v) is 7.82. The molecule has 2 aromatic rings. The molecule has 1 saturated heterocycles. The molecule has 0 aliphatic carbocycles. The molecular formula is C15H19ClN4O2. The Morgan fingerprint density at radius 3 is 3.23 bits per heavy atom. The quantitative estimate of drug-likeness (QED) is 0.885. The summed E-state index contributed by atoms with van der Waals surface area (Å²) in [6, 6.07) is 3.90. The van der Waals surface area contributed by atoms with Crippen molar-refractivity contribution < 1.29 is 9.21 Å². The van der Waals surface area contributed by atoms with Crippen LogP contribution in [0.4, 0.5) is 0 Å². The molecule has 3 rings (SSSR count). The molecule has 1 aliphatic heterocycles. The van der Waals surface area contributed by atoms with Gasteiger partial charge in [-0.3, -0.25) is 14.8 Å². The predicted molar refractivity (Wildman–Crippen MR) is 82.6 cm³/mol. The summed E-state index contributed by atoms with van der Waals surface area (Å²) in [6.45, 7) is 3.49. The lowest BCUT2D eigenvalue weighted by Gasteiger charge is -2.32. The van der Waals surface area contributed by atoms with Crippen molar-refractivity contribution >= 4 is 17.5 Å². The van der Waals surface area contributed by atoms with Crippen LogP contribution in [-0.4, -0.2) is 40.6 Å². The Hall–Kier alpha value is -1.79. The lowest BCUT2D eigenvalue weighted by atomic mass is 9.98. The number of H-pyrrole nitrogens is 1. The highest BCUT2D eigenvalue weighted by atomic mass is 35.5. The van der Waals surface area contributed by atoms with Crippen LogP contribution >= 0.6 is 11.6 Å². The summed E-state index contributed by atoms with van der Waals surface area (Å²) in [7, 11) is 0. The third-order valence-corrected chi connectivity index (χ3v) is 4.22. The molecule has 2 N–H and O–H groups in total. The Bertz CT molecular complexity index is 611. The second-order valence-electron chi connectivity index (χ2n) is 5.63. The van der Waals surface area contributed by atoms with Gasteiger partial charge in [0.1, 0.15) is 11.5 Å². The number of piperidine rings is 1. The molecule has 118 valence electrons. The Labute approximate surface area is 133 Å². The van der Waals surface area contributed by atoms with E-state index in [-0.39, 0.29) is 5.91 Å². The summed E-state index contributed by atoms with van der Waals surface area (Å²) < 4.78 is 5.39. The maximum absolute atomic E-state index is 12.0. The number of hydrogen-bond donors (Lipinski definition) is 2. The number of likely N-dealkylation sites (tertiary alicyclic amines) is 1. The Balaban J connectivity index is 1.48. The van der Waals surface area contributed by atoms with Crippen LogP contribution in [0.2, 0.25) is 5.02 Å². The van der Waals surface area contributed by atoms with Crippen molar-refractivity contribution in [2.75, 3.05) is 19.6 Å². The Morgan fingerprint density at radius 2 is 2.50 bits per heavy atom. The molecule has 1 amide bonds. The lowest BCUT2D eigenvalue weighted by Crippen LogP contribution is -2.40. The van der Waals surface area contributed by atoms with Gasteiger partial charge < -0.3 is 9.73 Å². The number of halogens is 1. The first-order chi connectivity index (χ1) is 10.7. The third-order valence-electron chi connectivity index (χ3n) is 3.93. The molecule has 1 unspecified atom stereocenters. The summed E-state index contributed by atoms with van der Waals surface area (Å²) >= 11 is 5.89. The van der Waals surface area contributed by atoms with Crippen molar-refractivity contribution in [2.45, 2.75) is 19.4 Å². The SMILES string of the molecule is O=C(NCC1CCCN(Cc2ccco2)C1)c1[nH]ncc1Cl. The summed E-state index contributed by atoms with van der Waals surface area (Å²) in [4.78, 5) is 14.4. The fourth-order valence-corrected chi connectivity index (χ4v) is 3.02. The molecule has 1 fully saturated rings. The zero-order valence-electron chi connectivity index (χ0n) is 12.2. The Morgan fingerprint density at radius 1 is 1.59 bits per heavy atom. The summed E-state index contributed by atoms with van der Waals surface area (Å²) in [5.41, 5.74) is 0.324. The number of carbonyl (C=O) groups excluding carboxylic acids is 1. The molecule has 3 heterocycles. The standard InChI is InChI=1S/C15H19ClN4O2/c16-13-8-18-19-14(13)15(21)17-7-11-3-1-5-20(9-11)10-12-4-2-6-22-12/h2,4,6,8,11H,1,3,5,7,9-10H2,(H,17,21)(H,18,19). The van der Waals surface area contributed by atoms with Crippen molar-refractivity contribution in [1.29, 1.82) is 0 Å². The molecule has 0 bridgehead atoms. The van der Waals surface area contributed by atoms with Gasteiger partial charge >= 0.3 is 0 Å². The van der Waals surface area contributed by atoms with E-state index in [0.29, 0.717) is 23.2 Å². The number of furan rings is 1. The van der Waals surface area contributed by atoms with Gasteiger partial charge in [0.15, 0.2) is 0 Å². The van der Waals surface area contributed by atoms with Crippen LogP contribution < -0.4 is 5.32 Å². The zero-order valence-corrected chi connectivity index (χ0v) is 13.0. The summed E-state index contributed by atoms with van der Waals surface area (Å²) in [6.07, 6.45) is 5.38. The van der Waals surface area contributed by atoms with E-state index in [2.05, 4.69) is 20.4 Å². The normalized spacial score (nSPS) is 19.2. The summed E-state index contributed by atoms with van der Waals surface area (Å²) in [5.74, 6) is 1.22. The smallest absolute Gasteiger partial charge is 0.270 e. The van der Waals surface area contributed by atoms with Gasteiger partial charge in [-0.25, -0.2) is 0 Å². The van der Waals surface area contributed by atoms with E-state index in [1.807, 2.05) is 12.1 Å². The van der Waals surface area contributed by atoms with Gasteiger partial charge in [-0.15, -0.1) is 0 Å². The highest BCUT2D eigenvalue weighted by molar-refractivity contribution is 6.33. The number of nitrogens with zero attached hydrogens (tertiary/aromatic N) is 2. The molecule has 0 saturated carbocycles. The largest absolute Gasteiger partial charge is 0.468 e. The van der Waals surface area contributed by atoms with Gasteiger partial charge in [-0.1, -0.05) is 11.6 Å². The number of amides is 1. The molecule has 0 aromatic carbocycles. The van der Waals surface area contributed by atoms with Crippen molar-refractivity contribution in [3.63, 3.8) is 0 Å². The van der Waals surface area contributed by atoms with E-state index < -0.39 is 0 Å². The number of nitrogens with one attached hydrogen (secondary N) is 2. The predicted octanol–water partition coefficient (Wildman–Crippen LogP) is 2.30. The highest BCUT2D eigenvalue weighted by Gasteiger charge is 2.22. The number of hydrogen-bond acceptors (Lipinski definition) is 4. The molecule has 7 heteroatoms. The highest BCUT2D eigenvalue weighted by Crippen LogP contribution is 2.18. The van der Waals surface area contributed by atoms with Crippen molar-refractivity contribution in [3.8, 4) is 0 Å². The van der Waals surface area contributed by atoms with E-state index in [9.17, 15) is 4.79 Å². The number of carbonyl (C=O) groups is 1. The average molecular weight is 323 g/mol. The van der Waals surface area contributed by atoms with Gasteiger partial charge in [0, 0.05) is 13.1 Å². The number of aromatic amines is 1. The minimum absolute atomic E-state index is 0.203. The maximum Gasteiger partial charge on any atom is 0.270 e. The van der Waals surface area contributed by atoms with Gasteiger partial charge in [-0.2, -0.15) is 5.10 Å².